The molecular weight excluding hydrogens is 532 g/mol. The van der Waals surface area contributed by atoms with E-state index in [-0.39, 0.29) is 12.2 Å². The van der Waals surface area contributed by atoms with Crippen molar-refractivity contribution in [2.24, 2.45) is 0 Å². The van der Waals surface area contributed by atoms with Crippen molar-refractivity contribution in [1.82, 2.24) is 0 Å². The second-order valence-corrected chi connectivity index (χ2v) is 12.8. The smallest absolute Gasteiger partial charge is 0.376 e. The molecule has 1 aliphatic heterocycles. The molecular formula is C13H22BO15P3S. The molecule has 20 heteroatoms. The maximum Gasteiger partial charge on any atom is 0.490 e. The number of phosphoric ester groups is 1. The largest absolute Gasteiger partial charge is 0.490 e. The molecule has 0 aromatic heterocycles. The summed E-state index contributed by atoms with van der Waals surface area (Å²) in [6.07, 6.45) is -1.29. The highest BCUT2D eigenvalue weighted by Crippen LogP contribution is 2.66. The minimum Gasteiger partial charge on any atom is -0.376 e. The van der Waals surface area contributed by atoms with Crippen molar-refractivity contribution in [3.8, 4) is 5.75 Å². The topological polar surface area (TPSA) is 222 Å². The number of rotatable bonds is 11. The van der Waals surface area contributed by atoms with Gasteiger partial charge < -0.3 is 28.5 Å². The first-order valence-corrected chi connectivity index (χ1v) is 14.8. The Labute approximate surface area is 190 Å². The average Bonchev–Trinajstić information content (AvgIpc) is 2.85. The Morgan fingerprint density at radius 3 is 2.21 bits per heavy atom. The highest BCUT2D eigenvalue weighted by Gasteiger charge is 2.50. The summed E-state index contributed by atoms with van der Waals surface area (Å²) >= 11 is 0. The van der Waals surface area contributed by atoms with Gasteiger partial charge in [0.25, 0.3) is 0 Å². The van der Waals surface area contributed by atoms with Crippen LogP contribution in [0.25, 0.3) is 0 Å². The van der Waals surface area contributed by atoms with Crippen molar-refractivity contribution in [1.29, 1.82) is 0 Å². The molecule has 1 saturated heterocycles. The first kappa shape index (κ1) is 28.6. The summed E-state index contributed by atoms with van der Waals surface area (Å²) in [5.74, 6) is -0.0254. The van der Waals surface area contributed by atoms with Crippen LogP contribution in [-0.4, -0.2) is 60.2 Å². The van der Waals surface area contributed by atoms with Gasteiger partial charge in [-0.2, -0.15) is 17.0 Å². The molecule has 0 saturated carbocycles. The summed E-state index contributed by atoms with van der Waals surface area (Å²) in [6.45, 7) is 2.16. The zero-order chi connectivity index (χ0) is 25.3. The first-order valence-electron chi connectivity index (χ1n) is 8.95. The number of ether oxygens (including phenoxy) is 1. The fourth-order valence-corrected chi connectivity index (χ4v) is 6.86. The van der Waals surface area contributed by atoms with Crippen molar-refractivity contribution in [3.05, 3.63) is 29.8 Å². The van der Waals surface area contributed by atoms with Crippen LogP contribution in [0.5, 0.6) is 5.75 Å². The van der Waals surface area contributed by atoms with E-state index in [2.05, 4.69) is 13.1 Å². The van der Waals surface area contributed by atoms with E-state index in [1.165, 1.54) is 19.1 Å². The third-order valence-corrected chi connectivity index (χ3v) is 8.73. The number of benzene rings is 1. The normalized spacial score (nSPS) is 27.6. The van der Waals surface area contributed by atoms with Gasteiger partial charge in [-0.25, -0.2) is 17.9 Å². The van der Waals surface area contributed by atoms with Gasteiger partial charge in [-0.05, 0) is 32.4 Å². The van der Waals surface area contributed by atoms with Crippen LogP contribution < -0.4 is 4.18 Å². The third kappa shape index (κ3) is 9.50. The lowest BCUT2D eigenvalue weighted by Gasteiger charge is -2.30. The maximum atomic E-state index is 12.3. The molecule has 1 aromatic rings. The minimum absolute atomic E-state index is 0.00720. The van der Waals surface area contributed by atoms with Crippen molar-refractivity contribution in [2.75, 3.05) is 6.61 Å². The Kier molecular flexibility index (Phi) is 8.80. The minimum atomic E-state index is -5.71. The van der Waals surface area contributed by atoms with Gasteiger partial charge >= 0.3 is 33.9 Å². The number of aryl methyl sites for hydroxylation is 1. The molecule has 0 bridgehead atoms. The van der Waals surface area contributed by atoms with Gasteiger partial charge in [-0.15, -0.1) is 0 Å². The molecule has 1 heterocycles. The summed E-state index contributed by atoms with van der Waals surface area (Å²) in [4.78, 5) is 35.9. The predicted molar refractivity (Wildman–Crippen MR) is 112 cm³/mol. The first-order chi connectivity index (χ1) is 14.8. The van der Waals surface area contributed by atoms with E-state index in [1.54, 1.807) is 26.9 Å². The van der Waals surface area contributed by atoms with Gasteiger partial charge in [0.05, 0.1) is 6.61 Å². The summed E-state index contributed by atoms with van der Waals surface area (Å²) < 4.78 is 86.0. The fourth-order valence-electron chi connectivity index (χ4n) is 2.79. The molecule has 4 N–H and O–H groups in total. The molecule has 33 heavy (non-hydrogen) atoms. The molecule has 15 nitrogen and oxygen atoms in total. The van der Waals surface area contributed by atoms with Crippen LogP contribution >= 0.6 is 23.5 Å². The molecule has 1 fully saturated rings. The lowest BCUT2D eigenvalue weighted by atomic mass is 9.93. The zero-order valence-electron chi connectivity index (χ0n) is 17.4. The van der Waals surface area contributed by atoms with Crippen LogP contribution in [-0.2, 0) is 46.2 Å². The van der Waals surface area contributed by atoms with Crippen LogP contribution in [0.2, 0.25) is 0 Å². The van der Waals surface area contributed by atoms with E-state index in [0.717, 1.165) is 5.56 Å². The Morgan fingerprint density at radius 1 is 1.09 bits per heavy atom. The monoisotopic (exact) mass is 554 g/mol. The van der Waals surface area contributed by atoms with E-state index < -0.39 is 58.2 Å². The van der Waals surface area contributed by atoms with Crippen LogP contribution in [0.15, 0.2) is 24.3 Å². The average molecular weight is 554 g/mol. The van der Waals surface area contributed by atoms with E-state index in [4.69, 9.17) is 22.9 Å². The van der Waals surface area contributed by atoms with E-state index in [1.807, 2.05) is 0 Å². The van der Waals surface area contributed by atoms with Crippen LogP contribution in [0, 0.1) is 6.92 Å². The van der Waals surface area contributed by atoms with E-state index in [0.29, 0.717) is 0 Å². The number of hydrogen-bond donors (Lipinski definition) is 4. The molecule has 5 unspecified atom stereocenters. The molecule has 2 rings (SSSR count). The zero-order valence-corrected chi connectivity index (χ0v) is 20.9. The molecule has 188 valence electrons. The van der Waals surface area contributed by atoms with Crippen molar-refractivity contribution >= 4 is 41.7 Å². The van der Waals surface area contributed by atoms with Gasteiger partial charge in [-0.1, -0.05) is 17.7 Å². The molecule has 0 amide bonds. The summed E-state index contributed by atoms with van der Waals surface area (Å²) in [5, 5.41) is 0. The van der Waals surface area contributed by atoms with Crippen LogP contribution in [0.1, 0.15) is 18.9 Å². The molecule has 1 aliphatic rings. The van der Waals surface area contributed by atoms with Gasteiger partial charge in [0.1, 0.15) is 25.3 Å². The predicted octanol–water partition coefficient (Wildman–Crippen LogP) is 0.485. The number of hydrogen-bond acceptors (Lipinski definition) is 11. The highest BCUT2D eigenvalue weighted by molar-refractivity contribution is 7.82. The Balaban J connectivity index is 2.08. The van der Waals surface area contributed by atoms with Gasteiger partial charge in [0, 0.05) is 6.00 Å². The van der Waals surface area contributed by atoms with Gasteiger partial charge in [-0.3, -0.25) is 4.52 Å². The Morgan fingerprint density at radius 2 is 1.67 bits per heavy atom. The molecule has 0 radical (unpaired) electrons. The summed E-state index contributed by atoms with van der Waals surface area (Å²) in [5.41, 5.74) is -0.827. The quantitative estimate of drug-likeness (QED) is 0.216. The lowest BCUT2D eigenvalue weighted by Crippen LogP contribution is -2.43. The van der Waals surface area contributed by atoms with Gasteiger partial charge in [0.15, 0.2) is 0 Å². The summed E-state index contributed by atoms with van der Waals surface area (Å²) in [6, 6.07) is 5.42. The van der Waals surface area contributed by atoms with Gasteiger partial charge in [0.2, 0.25) is 0 Å². The second kappa shape index (κ2) is 10.2. The number of phosphoric acid groups is 3. The Bertz CT molecular complexity index is 1090. The maximum absolute atomic E-state index is 12.3. The van der Waals surface area contributed by atoms with Crippen LogP contribution in [0.3, 0.4) is 0 Å². The van der Waals surface area contributed by atoms with Crippen LogP contribution in [0.4, 0.5) is 0 Å². The molecule has 0 spiro atoms. The standard InChI is InChI=1S/C13H22BO15P3S/c1-9-3-5-10(6-4-9)26-33(22,23)27-11-7-12(14)25-13(11,2)8-24-31(18,19)29-32(20,21)28-30(15,16)17/h3-6,11-12H,7-8,14H2,1-2H3,(H,18,19)(H,20,21)(H2,15,16,17). The Hall–Kier alpha value is -0.635. The van der Waals surface area contributed by atoms with Crippen molar-refractivity contribution in [2.45, 2.75) is 38.0 Å². The highest BCUT2D eigenvalue weighted by atomic mass is 32.3. The van der Waals surface area contributed by atoms with Crippen molar-refractivity contribution in [3.63, 3.8) is 0 Å². The van der Waals surface area contributed by atoms with E-state index in [9.17, 15) is 31.9 Å². The van der Waals surface area contributed by atoms with Crippen molar-refractivity contribution < 1.29 is 67.9 Å². The summed E-state index contributed by atoms with van der Waals surface area (Å²) in [7, 11) is -19.8. The SMILES string of the molecule is BC1CC(OS(=O)(=O)Oc2ccc(C)cc2)C(C)(COP(=O)(O)OP(=O)(O)OP(=O)(O)O)O1. The second-order valence-electron chi connectivity index (χ2n) is 7.23. The van der Waals surface area contributed by atoms with E-state index >= 15 is 0 Å². The molecule has 5 atom stereocenters. The fraction of sp³-hybridized carbons (Fsp3) is 0.538. The lowest BCUT2D eigenvalue weighted by molar-refractivity contribution is -0.0753. The molecule has 1 aromatic carbocycles. The third-order valence-electron chi connectivity index (χ3n) is 4.08. The molecule has 0 aliphatic carbocycles.